The highest BCUT2D eigenvalue weighted by Gasteiger charge is 2.11. The highest BCUT2D eigenvalue weighted by molar-refractivity contribution is 7.09. The maximum atomic E-state index is 11.9. The van der Waals surface area contributed by atoms with Crippen LogP contribution in [0.1, 0.15) is 30.5 Å². The molecular weight excluding hydrogens is 260 g/mol. The molecule has 19 heavy (non-hydrogen) atoms. The van der Waals surface area contributed by atoms with Gasteiger partial charge in [-0.15, -0.1) is 11.3 Å². The Balaban J connectivity index is 1.99. The molecule has 1 amide bonds. The second-order valence-electron chi connectivity index (χ2n) is 4.57. The predicted octanol–water partition coefficient (Wildman–Crippen LogP) is 3.15. The van der Waals surface area contributed by atoms with Crippen LogP contribution in [0.3, 0.4) is 0 Å². The first-order valence-corrected chi connectivity index (χ1v) is 6.96. The highest BCUT2D eigenvalue weighted by atomic mass is 32.1. The van der Waals surface area contributed by atoms with Gasteiger partial charge in [-0.3, -0.25) is 4.79 Å². The summed E-state index contributed by atoms with van der Waals surface area (Å²) in [4.78, 5) is 16.3. The number of aromatic nitrogens is 1. The molecule has 0 saturated heterocycles. The van der Waals surface area contributed by atoms with Gasteiger partial charge in [-0.1, -0.05) is 26.0 Å². The molecule has 0 bridgehead atoms. The summed E-state index contributed by atoms with van der Waals surface area (Å²) in [7, 11) is 0. The van der Waals surface area contributed by atoms with Crippen LogP contribution in [0.5, 0.6) is 5.75 Å². The molecule has 100 valence electrons. The number of thiazole rings is 1. The van der Waals surface area contributed by atoms with Crippen molar-refractivity contribution in [3.63, 3.8) is 0 Å². The number of rotatable bonds is 4. The summed E-state index contributed by atoms with van der Waals surface area (Å²) >= 11 is 1.57. The first-order chi connectivity index (χ1) is 9.06. The summed E-state index contributed by atoms with van der Waals surface area (Å²) in [6.45, 7) is 4.15. The van der Waals surface area contributed by atoms with Crippen LogP contribution in [0.25, 0.3) is 0 Å². The smallest absolute Gasteiger partial charge is 0.230 e. The number of carbonyl (C=O) groups excluding carboxylic acids is 1. The number of carbonyl (C=O) groups is 1. The van der Waals surface area contributed by atoms with Gasteiger partial charge in [-0.25, -0.2) is 4.98 Å². The molecule has 0 aliphatic heterocycles. The van der Waals surface area contributed by atoms with E-state index >= 15 is 0 Å². The highest BCUT2D eigenvalue weighted by Crippen LogP contribution is 2.22. The average Bonchev–Trinajstić information content (AvgIpc) is 2.80. The molecule has 5 heteroatoms. The van der Waals surface area contributed by atoms with E-state index in [-0.39, 0.29) is 18.1 Å². The van der Waals surface area contributed by atoms with Gasteiger partial charge >= 0.3 is 0 Å². The lowest BCUT2D eigenvalue weighted by molar-refractivity contribution is -0.115. The number of anilines is 1. The number of phenols is 1. The molecule has 0 saturated carbocycles. The third kappa shape index (κ3) is 3.54. The fraction of sp³-hybridized carbons (Fsp3) is 0.286. The minimum absolute atomic E-state index is 0.0667. The molecular formula is C14H16N2O2S. The van der Waals surface area contributed by atoms with Crippen LogP contribution in [0, 0.1) is 0 Å². The van der Waals surface area contributed by atoms with Crippen LogP contribution in [0.4, 0.5) is 5.69 Å². The Labute approximate surface area is 116 Å². The van der Waals surface area contributed by atoms with E-state index < -0.39 is 0 Å². The van der Waals surface area contributed by atoms with Crippen molar-refractivity contribution in [1.82, 2.24) is 4.98 Å². The Hall–Kier alpha value is -1.88. The zero-order valence-corrected chi connectivity index (χ0v) is 11.7. The van der Waals surface area contributed by atoms with Crippen molar-refractivity contribution in [2.24, 2.45) is 0 Å². The van der Waals surface area contributed by atoms with E-state index in [1.54, 1.807) is 29.5 Å². The maximum Gasteiger partial charge on any atom is 0.230 e. The monoisotopic (exact) mass is 276 g/mol. The van der Waals surface area contributed by atoms with Gasteiger partial charge in [0.1, 0.15) is 5.75 Å². The molecule has 0 spiro atoms. The normalized spacial score (nSPS) is 10.7. The molecule has 1 aromatic carbocycles. The topological polar surface area (TPSA) is 62.2 Å². The van der Waals surface area contributed by atoms with E-state index in [1.165, 1.54) is 6.07 Å². The molecule has 0 aliphatic rings. The third-order valence-corrected chi connectivity index (χ3v) is 3.78. The lowest BCUT2D eigenvalue weighted by Gasteiger charge is -2.05. The molecule has 4 nitrogen and oxygen atoms in total. The van der Waals surface area contributed by atoms with Crippen molar-refractivity contribution in [3.8, 4) is 5.75 Å². The lowest BCUT2D eigenvalue weighted by Crippen LogP contribution is -2.14. The van der Waals surface area contributed by atoms with Crippen LogP contribution in [-0.4, -0.2) is 16.0 Å². The maximum absolute atomic E-state index is 11.9. The molecule has 0 radical (unpaired) electrons. The van der Waals surface area contributed by atoms with E-state index in [9.17, 15) is 9.90 Å². The van der Waals surface area contributed by atoms with Crippen LogP contribution >= 0.6 is 11.3 Å². The van der Waals surface area contributed by atoms with E-state index in [0.29, 0.717) is 11.6 Å². The van der Waals surface area contributed by atoms with Crippen molar-refractivity contribution in [2.75, 3.05) is 5.32 Å². The predicted molar refractivity (Wildman–Crippen MR) is 76.6 cm³/mol. The van der Waals surface area contributed by atoms with Crippen molar-refractivity contribution in [2.45, 2.75) is 26.2 Å². The van der Waals surface area contributed by atoms with Gasteiger partial charge in [-0.05, 0) is 12.1 Å². The minimum atomic E-state index is -0.179. The summed E-state index contributed by atoms with van der Waals surface area (Å²) in [6.07, 6.45) is 0.220. The van der Waals surface area contributed by atoms with Crippen molar-refractivity contribution >= 4 is 22.9 Å². The van der Waals surface area contributed by atoms with E-state index in [4.69, 9.17) is 0 Å². The number of amides is 1. The van der Waals surface area contributed by atoms with Crippen LogP contribution < -0.4 is 5.32 Å². The number of phenolic OH excluding ortho intramolecular Hbond substituents is 1. The Morgan fingerprint density at radius 1 is 1.42 bits per heavy atom. The first kappa shape index (κ1) is 13.5. The summed E-state index contributed by atoms with van der Waals surface area (Å²) in [5.74, 6) is 0.263. The fourth-order valence-corrected chi connectivity index (χ4v) is 2.44. The third-order valence-electron chi connectivity index (χ3n) is 2.58. The van der Waals surface area contributed by atoms with Crippen LogP contribution in [-0.2, 0) is 11.2 Å². The molecule has 0 unspecified atom stereocenters. The Kier molecular flexibility index (Phi) is 4.16. The summed E-state index contributed by atoms with van der Waals surface area (Å²) < 4.78 is 0. The molecule has 1 aromatic heterocycles. The number of aromatic hydroxyl groups is 1. The van der Waals surface area contributed by atoms with E-state index in [0.717, 1.165) is 10.7 Å². The summed E-state index contributed by atoms with van der Waals surface area (Å²) in [5, 5.41) is 15.2. The average molecular weight is 276 g/mol. The number of para-hydroxylation sites is 2. The van der Waals surface area contributed by atoms with Gasteiger partial charge in [0.05, 0.1) is 22.8 Å². The van der Waals surface area contributed by atoms with Gasteiger partial charge in [0.15, 0.2) is 0 Å². The van der Waals surface area contributed by atoms with Crippen LogP contribution in [0.15, 0.2) is 29.6 Å². The largest absolute Gasteiger partial charge is 0.506 e. The minimum Gasteiger partial charge on any atom is -0.506 e. The second-order valence-corrected chi connectivity index (χ2v) is 5.46. The Morgan fingerprint density at radius 2 is 2.16 bits per heavy atom. The molecule has 1 heterocycles. The number of hydrogen-bond donors (Lipinski definition) is 2. The molecule has 0 atom stereocenters. The summed E-state index contributed by atoms with van der Waals surface area (Å²) in [6, 6.07) is 6.67. The Bertz CT molecular complexity index is 578. The van der Waals surface area contributed by atoms with Crippen molar-refractivity contribution in [3.05, 3.63) is 40.3 Å². The van der Waals surface area contributed by atoms with Crippen molar-refractivity contribution < 1.29 is 9.90 Å². The molecule has 0 fully saturated rings. The standard InChI is InChI=1S/C14H16N2O2S/c1-9(2)14-15-10(8-19-14)7-13(18)16-11-5-3-4-6-12(11)17/h3-6,8-9,17H,7H2,1-2H3,(H,16,18). The molecule has 2 N–H and O–H groups in total. The van der Waals surface area contributed by atoms with Gasteiger partial charge < -0.3 is 10.4 Å². The van der Waals surface area contributed by atoms with E-state index in [2.05, 4.69) is 24.1 Å². The van der Waals surface area contributed by atoms with Gasteiger partial charge in [0.25, 0.3) is 0 Å². The number of hydrogen-bond acceptors (Lipinski definition) is 4. The first-order valence-electron chi connectivity index (χ1n) is 6.08. The SMILES string of the molecule is CC(C)c1nc(CC(=O)Nc2ccccc2O)cs1. The molecule has 2 rings (SSSR count). The number of benzene rings is 1. The molecule has 2 aromatic rings. The van der Waals surface area contributed by atoms with E-state index in [1.807, 2.05) is 5.38 Å². The van der Waals surface area contributed by atoms with Crippen molar-refractivity contribution in [1.29, 1.82) is 0 Å². The van der Waals surface area contributed by atoms with Crippen LogP contribution in [0.2, 0.25) is 0 Å². The number of nitrogens with zero attached hydrogens (tertiary/aromatic N) is 1. The zero-order chi connectivity index (χ0) is 13.8. The fourth-order valence-electron chi connectivity index (χ4n) is 1.61. The quantitative estimate of drug-likeness (QED) is 0.843. The second kappa shape index (κ2) is 5.84. The van der Waals surface area contributed by atoms with Gasteiger partial charge in [-0.2, -0.15) is 0 Å². The zero-order valence-electron chi connectivity index (χ0n) is 10.9. The summed E-state index contributed by atoms with van der Waals surface area (Å²) in [5.41, 5.74) is 1.19. The lowest BCUT2D eigenvalue weighted by atomic mass is 10.2. The van der Waals surface area contributed by atoms with Gasteiger partial charge in [0.2, 0.25) is 5.91 Å². The Morgan fingerprint density at radius 3 is 2.79 bits per heavy atom. The number of nitrogens with one attached hydrogen (secondary N) is 1. The molecule has 0 aliphatic carbocycles. The van der Waals surface area contributed by atoms with Gasteiger partial charge in [0, 0.05) is 11.3 Å².